The van der Waals surface area contributed by atoms with Crippen molar-refractivity contribution in [3.8, 4) is 5.75 Å². The highest BCUT2D eigenvalue weighted by molar-refractivity contribution is 7.99. The SMILES string of the molecule is Cc1ccc(Sc2cc(NC(=O)c3ccn(COc4ccc(F)cc4)n3)cc([N+](=O)[O-])c2)cc1. The lowest BCUT2D eigenvalue weighted by atomic mass is 10.2. The van der Waals surface area contributed by atoms with Crippen LogP contribution in [-0.4, -0.2) is 20.6 Å². The topological polar surface area (TPSA) is 99.3 Å². The van der Waals surface area contributed by atoms with Gasteiger partial charge in [0.15, 0.2) is 12.4 Å². The average Bonchev–Trinajstić information content (AvgIpc) is 3.29. The Hall–Kier alpha value is -4.18. The fourth-order valence-electron chi connectivity index (χ4n) is 2.98. The molecule has 1 amide bonds. The Bertz CT molecular complexity index is 1320. The van der Waals surface area contributed by atoms with Crippen LogP contribution in [0.4, 0.5) is 15.8 Å². The predicted molar refractivity (Wildman–Crippen MR) is 126 cm³/mol. The Morgan fingerprint density at radius 2 is 1.82 bits per heavy atom. The van der Waals surface area contributed by atoms with Crippen molar-refractivity contribution in [1.82, 2.24) is 9.78 Å². The van der Waals surface area contributed by atoms with Crippen molar-refractivity contribution in [2.75, 3.05) is 5.32 Å². The van der Waals surface area contributed by atoms with Gasteiger partial charge in [-0.25, -0.2) is 9.07 Å². The number of benzene rings is 3. The van der Waals surface area contributed by atoms with Gasteiger partial charge < -0.3 is 10.1 Å². The number of nitrogens with zero attached hydrogens (tertiary/aromatic N) is 3. The van der Waals surface area contributed by atoms with Crippen LogP contribution < -0.4 is 10.1 Å². The first-order valence-corrected chi connectivity index (χ1v) is 10.9. The summed E-state index contributed by atoms with van der Waals surface area (Å²) in [4.78, 5) is 25.1. The summed E-state index contributed by atoms with van der Waals surface area (Å²) in [5.74, 6) is -0.433. The standard InChI is InChI=1S/C24H19FN4O4S/c1-16-2-8-21(9-3-16)34-22-13-18(12-19(14-22)29(31)32)26-24(30)23-10-11-28(27-23)15-33-20-6-4-17(25)5-7-20/h2-14H,15H2,1H3,(H,26,30). The number of ether oxygens (including phenoxy) is 1. The van der Waals surface area contributed by atoms with Crippen LogP contribution >= 0.6 is 11.8 Å². The van der Waals surface area contributed by atoms with Crippen LogP contribution in [-0.2, 0) is 6.73 Å². The summed E-state index contributed by atoms with van der Waals surface area (Å²) in [6.45, 7) is 2.00. The molecule has 0 fully saturated rings. The van der Waals surface area contributed by atoms with Gasteiger partial charge in [-0.2, -0.15) is 5.10 Å². The van der Waals surface area contributed by atoms with Gasteiger partial charge in [0.25, 0.3) is 11.6 Å². The number of carbonyl (C=O) groups is 1. The number of non-ortho nitro benzene ring substituents is 1. The quantitative estimate of drug-likeness (QED) is 0.258. The number of anilines is 1. The third-order valence-electron chi connectivity index (χ3n) is 4.67. The van der Waals surface area contributed by atoms with Crippen molar-refractivity contribution in [2.45, 2.75) is 23.4 Å². The third-order valence-corrected chi connectivity index (χ3v) is 5.65. The molecule has 1 heterocycles. The van der Waals surface area contributed by atoms with Gasteiger partial charge in [-0.1, -0.05) is 29.5 Å². The smallest absolute Gasteiger partial charge is 0.276 e. The number of aromatic nitrogens is 2. The maximum absolute atomic E-state index is 13.0. The molecule has 172 valence electrons. The highest BCUT2D eigenvalue weighted by Gasteiger charge is 2.15. The van der Waals surface area contributed by atoms with Crippen LogP contribution in [0.2, 0.25) is 0 Å². The lowest BCUT2D eigenvalue weighted by Gasteiger charge is -2.08. The number of aryl methyl sites for hydroxylation is 1. The summed E-state index contributed by atoms with van der Waals surface area (Å²) in [7, 11) is 0. The normalized spacial score (nSPS) is 10.6. The van der Waals surface area contributed by atoms with Gasteiger partial charge in [0.1, 0.15) is 11.6 Å². The van der Waals surface area contributed by atoms with E-state index in [4.69, 9.17) is 4.74 Å². The number of amides is 1. The van der Waals surface area contributed by atoms with Gasteiger partial charge in [0, 0.05) is 33.8 Å². The number of hydrogen-bond donors (Lipinski definition) is 1. The molecule has 0 saturated carbocycles. The number of rotatable bonds is 8. The molecule has 0 bridgehead atoms. The first-order chi connectivity index (χ1) is 16.4. The van der Waals surface area contributed by atoms with Crippen LogP contribution in [0, 0.1) is 22.9 Å². The van der Waals surface area contributed by atoms with Crippen molar-refractivity contribution in [3.05, 3.63) is 106 Å². The molecule has 0 spiro atoms. The highest BCUT2D eigenvalue weighted by atomic mass is 32.2. The molecule has 34 heavy (non-hydrogen) atoms. The summed E-state index contributed by atoms with van der Waals surface area (Å²) < 4.78 is 19.9. The Morgan fingerprint density at radius 3 is 2.53 bits per heavy atom. The van der Waals surface area contributed by atoms with Gasteiger partial charge in [0.05, 0.1) is 4.92 Å². The third kappa shape index (κ3) is 5.99. The molecule has 0 aliphatic rings. The molecule has 1 aromatic heterocycles. The van der Waals surface area contributed by atoms with Crippen molar-refractivity contribution < 1.29 is 18.8 Å². The number of carbonyl (C=O) groups excluding carboxylic acids is 1. The molecular weight excluding hydrogens is 459 g/mol. The summed E-state index contributed by atoms with van der Waals surface area (Å²) in [6, 6.07) is 19.2. The van der Waals surface area contributed by atoms with E-state index in [0.29, 0.717) is 10.6 Å². The Balaban J connectivity index is 1.45. The summed E-state index contributed by atoms with van der Waals surface area (Å²) >= 11 is 1.36. The van der Waals surface area contributed by atoms with E-state index in [9.17, 15) is 19.3 Å². The maximum Gasteiger partial charge on any atom is 0.276 e. The number of nitrogens with one attached hydrogen (secondary N) is 1. The molecule has 1 N–H and O–H groups in total. The molecule has 10 heteroatoms. The molecule has 0 saturated heterocycles. The minimum atomic E-state index is -0.521. The Kier molecular flexibility index (Phi) is 6.88. The van der Waals surface area contributed by atoms with E-state index in [2.05, 4.69) is 10.4 Å². The average molecular weight is 479 g/mol. The van der Waals surface area contributed by atoms with Gasteiger partial charge >= 0.3 is 0 Å². The summed E-state index contributed by atoms with van der Waals surface area (Å²) in [6.07, 6.45) is 1.56. The van der Waals surface area contributed by atoms with E-state index < -0.39 is 10.8 Å². The second-order valence-electron chi connectivity index (χ2n) is 7.31. The van der Waals surface area contributed by atoms with E-state index in [1.807, 2.05) is 31.2 Å². The molecule has 4 rings (SSSR count). The van der Waals surface area contributed by atoms with Crippen LogP contribution in [0.15, 0.2) is 88.8 Å². The zero-order valence-corrected chi connectivity index (χ0v) is 18.8. The van der Waals surface area contributed by atoms with Gasteiger partial charge in [-0.3, -0.25) is 14.9 Å². The van der Waals surface area contributed by atoms with E-state index in [0.717, 1.165) is 10.5 Å². The molecule has 0 radical (unpaired) electrons. The zero-order chi connectivity index (χ0) is 24.1. The Morgan fingerprint density at radius 1 is 1.09 bits per heavy atom. The van der Waals surface area contributed by atoms with Crippen LogP contribution in [0.3, 0.4) is 0 Å². The van der Waals surface area contributed by atoms with Gasteiger partial charge in [-0.05, 0) is 55.5 Å². The lowest BCUT2D eigenvalue weighted by molar-refractivity contribution is -0.385. The fraction of sp³-hybridized carbons (Fsp3) is 0.0833. The minimum absolute atomic E-state index is 0.0209. The van der Waals surface area contributed by atoms with Crippen molar-refractivity contribution >= 4 is 29.0 Å². The molecule has 3 aromatic carbocycles. The molecule has 0 atom stereocenters. The Labute approximate surface area is 198 Å². The van der Waals surface area contributed by atoms with Crippen molar-refractivity contribution in [1.29, 1.82) is 0 Å². The molecule has 0 unspecified atom stereocenters. The van der Waals surface area contributed by atoms with Crippen LogP contribution in [0.5, 0.6) is 5.75 Å². The molecular formula is C24H19FN4O4S. The largest absolute Gasteiger partial charge is 0.471 e. The van der Waals surface area contributed by atoms with E-state index in [1.165, 1.54) is 58.9 Å². The highest BCUT2D eigenvalue weighted by Crippen LogP contribution is 2.33. The van der Waals surface area contributed by atoms with Crippen LogP contribution in [0.1, 0.15) is 16.1 Å². The second-order valence-corrected chi connectivity index (χ2v) is 8.46. The molecule has 0 aliphatic carbocycles. The second kappa shape index (κ2) is 10.2. The van der Waals surface area contributed by atoms with Gasteiger partial charge in [0.2, 0.25) is 0 Å². The van der Waals surface area contributed by atoms with E-state index in [1.54, 1.807) is 12.3 Å². The van der Waals surface area contributed by atoms with Crippen molar-refractivity contribution in [3.63, 3.8) is 0 Å². The fourth-order valence-corrected chi connectivity index (χ4v) is 3.89. The monoisotopic (exact) mass is 478 g/mol. The first kappa shape index (κ1) is 23.0. The zero-order valence-electron chi connectivity index (χ0n) is 18.0. The number of halogens is 1. The van der Waals surface area contributed by atoms with E-state index >= 15 is 0 Å². The summed E-state index contributed by atoms with van der Waals surface area (Å²) in [5.41, 5.74) is 1.37. The lowest BCUT2D eigenvalue weighted by Crippen LogP contribution is -2.14. The van der Waals surface area contributed by atoms with Crippen LogP contribution in [0.25, 0.3) is 0 Å². The number of hydrogen-bond acceptors (Lipinski definition) is 6. The predicted octanol–water partition coefficient (Wildman–Crippen LogP) is 5.68. The maximum atomic E-state index is 13.0. The minimum Gasteiger partial charge on any atom is -0.471 e. The summed E-state index contributed by atoms with van der Waals surface area (Å²) in [5, 5.41) is 18.2. The number of nitro benzene ring substituents is 1. The van der Waals surface area contributed by atoms with Gasteiger partial charge in [-0.15, -0.1) is 0 Å². The number of nitro groups is 1. The van der Waals surface area contributed by atoms with E-state index in [-0.39, 0.29) is 29.6 Å². The van der Waals surface area contributed by atoms with Crippen molar-refractivity contribution in [2.24, 2.45) is 0 Å². The molecule has 8 nitrogen and oxygen atoms in total. The first-order valence-electron chi connectivity index (χ1n) is 10.1. The molecule has 4 aromatic rings. The molecule has 0 aliphatic heterocycles.